The van der Waals surface area contributed by atoms with E-state index in [-0.39, 0.29) is 18.1 Å². The lowest BCUT2D eigenvalue weighted by Gasteiger charge is -2.28. The smallest absolute Gasteiger partial charge is 0.319 e. The van der Waals surface area contributed by atoms with Crippen LogP contribution in [0.25, 0.3) is 16.8 Å². The van der Waals surface area contributed by atoms with Crippen molar-refractivity contribution in [1.29, 1.82) is 5.26 Å². The first-order valence-corrected chi connectivity index (χ1v) is 18.0. The number of carbonyl (C=O) groups excluding carboxylic acids is 1. The van der Waals surface area contributed by atoms with Gasteiger partial charge < -0.3 is 9.64 Å². The van der Waals surface area contributed by atoms with E-state index in [2.05, 4.69) is 79.6 Å². The average Bonchev–Trinajstić information content (AvgIpc) is 3.25. The van der Waals surface area contributed by atoms with Gasteiger partial charge in [0.05, 0.1) is 11.8 Å². The van der Waals surface area contributed by atoms with Gasteiger partial charge in [-0.25, -0.2) is 0 Å². The van der Waals surface area contributed by atoms with Gasteiger partial charge in [0, 0.05) is 41.8 Å². The number of anilines is 1. The zero-order valence-electron chi connectivity index (χ0n) is 27.4. The number of carbonyl (C=O) groups is 1. The Morgan fingerprint density at radius 3 is 2.72 bits per heavy atom. The standard InChI is InChI=1S/C40H44N4O2S/c1-4-10-28-16-19-32(34-13-7-6-12-31(28)34)29-17-20-35-36(21-18-29)42-40(46-26-47-38-15-8-11-27(38)3)43-39(35)44-24-9-14-33(37(45)5-2)30(25-44)22-23-41/h4-7,10,12-14,16,19,29-30,38H,2-3,8-9,11,15,17-18,20-22,24-26H2,1H3/b10-4+. The molecule has 6 rings (SSSR count). The maximum absolute atomic E-state index is 12.8. The molecule has 47 heavy (non-hydrogen) atoms. The van der Waals surface area contributed by atoms with Gasteiger partial charge in [-0.2, -0.15) is 15.2 Å². The molecule has 1 aliphatic heterocycles. The van der Waals surface area contributed by atoms with Crippen LogP contribution in [0.4, 0.5) is 5.82 Å². The van der Waals surface area contributed by atoms with Crippen molar-refractivity contribution in [3.63, 3.8) is 0 Å². The van der Waals surface area contributed by atoms with Crippen LogP contribution in [0, 0.1) is 17.2 Å². The van der Waals surface area contributed by atoms with E-state index in [1.165, 1.54) is 45.5 Å². The van der Waals surface area contributed by atoms with Crippen LogP contribution in [0.5, 0.6) is 6.01 Å². The second kappa shape index (κ2) is 15.2. The molecule has 1 saturated carbocycles. The highest BCUT2D eigenvalue weighted by atomic mass is 32.2. The van der Waals surface area contributed by atoms with Crippen molar-refractivity contribution >= 4 is 40.2 Å². The Morgan fingerprint density at radius 1 is 1.13 bits per heavy atom. The molecule has 2 aromatic carbocycles. The Balaban J connectivity index is 1.32. The molecule has 1 aromatic heterocycles. The third-order valence-corrected chi connectivity index (χ3v) is 11.2. The van der Waals surface area contributed by atoms with Gasteiger partial charge in [0.15, 0.2) is 5.78 Å². The summed E-state index contributed by atoms with van der Waals surface area (Å²) in [5.41, 5.74) is 6.83. The maximum atomic E-state index is 12.8. The van der Waals surface area contributed by atoms with E-state index in [0.29, 0.717) is 48.2 Å². The van der Waals surface area contributed by atoms with E-state index in [4.69, 9.17) is 14.7 Å². The summed E-state index contributed by atoms with van der Waals surface area (Å²) < 4.78 is 6.28. The van der Waals surface area contributed by atoms with Crippen LogP contribution in [0.2, 0.25) is 0 Å². The van der Waals surface area contributed by atoms with Crippen molar-refractivity contribution in [3.05, 3.63) is 101 Å². The molecule has 3 atom stereocenters. The van der Waals surface area contributed by atoms with Crippen molar-refractivity contribution in [1.82, 2.24) is 9.97 Å². The fourth-order valence-electron chi connectivity index (χ4n) is 7.54. The summed E-state index contributed by atoms with van der Waals surface area (Å²) in [6.07, 6.45) is 15.7. The lowest BCUT2D eigenvalue weighted by molar-refractivity contribution is -0.111. The van der Waals surface area contributed by atoms with Crippen LogP contribution in [0.1, 0.15) is 80.2 Å². The summed E-state index contributed by atoms with van der Waals surface area (Å²) in [6.45, 7) is 11.3. The Labute approximate surface area is 283 Å². The summed E-state index contributed by atoms with van der Waals surface area (Å²) in [6, 6.07) is 16.0. The van der Waals surface area contributed by atoms with Gasteiger partial charge in [0.25, 0.3) is 0 Å². The number of hydrogen-bond acceptors (Lipinski definition) is 7. The molecule has 0 amide bonds. The number of fused-ring (bicyclic) bond motifs is 2. The molecule has 0 spiro atoms. The first-order chi connectivity index (χ1) is 23.0. The summed E-state index contributed by atoms with van der Waals surface area (Å²) in [5.74, 6) is 1.43. The normalized spacial score (nSPS) is 21.5. The zero-order chi connectivity index (χ0) is 32.8. The quantitative estimate of drug-likeness (QED) is 0.0944. The van der Waals surface area contributed by atoms with Gasteiger partial charge in [0.2, 0.25) is 0 Å². The van der Waals surface area contributed by atoms with E-state index in [9.17, 15) is 10.1 Å². The SMILES string of the molecule is C=CC(=O)C1=CCCN(c2nc(OCSC3CCCC3=C)nc3c2CCC(c2ccc(/C=C/C)c4ccccc24)CC3)CC1CC#N. The summed E-state index contributed by atoms with van der Waals surface area (Å²) in [7, 11) is 0. The van der Waals surface area contributed by atoms with Crippen LogP contribution < -0.4 is 9.64 Å². The molecule has 0 saturated heterocycles. The molecule has 7 heteroatoms. The second-order valence-corrected chi connectivity index (χ2v) is 13.9. The number of benzene rings is 2. The molecule has 242 valence electrons. The van der Waals surface area contributed by atoms with Gasteiger partial charge >= 0.3 is 6.01 Å². The number of allylic oxidation sites excluding steroid dienone is 2. The number of nitrogens with zero attached hydrogens (tertiary/aromatic N) is 4. The fourth-order valence-corrected chi connectivity index (χ4v) is 8.56. The predicted molar refractivity (Wildman–Crippen MR) is 194 cm³/mol. The second-order valence-electron chi connectivity index (χ2n) is 12.8. The third kappa shape index (κ3) is 7.23. The van der Waals surface area contributed by atoms with Crippen molar-refractivity contribution in [2.75, 3.05) is 23.9 Å². The fraction of sp³-hybridized carbons (Fsp3) is 0.400. The monoisotopic (exact) mass is 644 g/mol. The highest BCUT2D eigenvalue weighted by Crippen LogP contribution is 2.40. The number of aryl methyl sites for hydroxylation is 1. The molecule has 3 aliphatic rings. The topological polar surface area (TPSA) is 79.1 Å². The van der Waals surface area contributed by atoms with Gasteiger partial charge in [-0.1, -0.05) is 73.4 Å². The minimum absolute atomic E-state index is 0.0984. The van der Waals surface area contributed by atoms with Crippen LogP contribution in [-0.2, 0) is 17.6 Å². The number of ether oxygens (including phenoxy) is 1. The lowest BCUT2D eigenvalue weighted by atomic mass is 9.86. The Hall–Kier alpha value is -4.15. The van der Waals surface area contributed by atoms with Crippen molar-refractivity contribution in [3.8, 4) is 12.1 Å². The van der Waals surface area contributed by atoms with Gasteiger partial charge in [-0.05, 0) is 92.2 Å². The summed E-state index contributed by atoms with van der Waals surface area (Å²) in [4.78, 5) is 25.2. The van der Waals surface area contributed by atoms with Gasteiger partial charge in [-0.3, -0.25) is 4.79 Å². The van der Waals surface area contributed by atoms with Crippen LogP contribution in [-0.4, -0.2) is 40.0 Å². The van der Waals surface area contributed by atoms with Crippen molar-refractivity contribution in [2.45, 2.75) is 75.9 Å². The first-order valence-electron chi connectivity index (χ1n) is 17.0. The number of ketones is 1. The number of aromatic nitrogens is 2. The highest BCUT2D eigenvalue weighted by Gasteiger charge is 2.30. The molecule has 0 radical (unpaired) electrons. The molecule has 1 fully saturated rings. The number of nitriles is 1. The van der Waals surface area contributed by atoms with Gasteiger partial charge in [-0.15, -0.1) is 11.8 Å². The molecule has 2 aliphatic carbocycles. The minimum atomic E-state index is -0.215. The predicted octanol–water partition coefficient (Wildman–Crippen LogP) is 8.93. The van der Waals surface area contributed by atoms with E-state index < -0.39 is 0 Å². The highest BCUT2D eigenvalue weighted by molar-refractivity contribution is 7.99. The van der Waals surface area contributed by atoms with Crippen LogP contribution in [0.15, 0.2) is 78.9 Å². The number of hydrogen-bond donors (Lipinski definition) is 0. The van der Waals surface area contributed by atoms with E-state index >= 15 is 0 Å². The minimum Gasteiger partial charge on any atom is -0.452 e. The third-order valence-electron chi connectivity index (χ3n) is 9.93. The Morgan fingerprint density at radius 2 is 1.96 bits per heavy atom. The summed E-state index contributed by atoms with van der Waals surface area (Å²) in [5, 5.41) is 12.7. The molecule has 2 heterocycles. The largest absolute Gasteiger partial charge is 0.452 e. The molecule has 3 unspecified atom stereocenters. The van der Waals surface area contributed by atoms with Gasteiger partial charge in [0.1, 0.15) is 11.8 Å². The molecular weight excluding hydrogens is 601 g/mol. The van der Waals surface area contributed by atoms with Crippen LogP contribution in [0.3, 0.4) is 0 Å². The first kappa shape index (κ1) is 32.8. The van der Waals surface area contributed by atoms with E-state index in [0.717, 1.165) is 50.0 Å². The molecule has 3 aromatic rings. The van der Waals surface area contributed by atoms with E-state index in [1.807, 2.05) is 6.08 Å². The number of rotatable bonds is 10. The summed E-state index contributed by atoms with van der Waals surface area (Å²) >= 11 is 1.78. The van der Waals surface area contributed by atoms with Crippen LogP contribution >= 0.6 is 11.8 Å². The van der Waals surface area contributed by atoms with Crippen molar-refractivity contribution in [2.24, 2.45) is 5.92 Å². The molecule has 0 N–H and O–H groups in total. The Bertz CT molecular complexity index is 1770. The lowest BCUT2D eigenvalue weighted by Crippen LogP contribution is -2.32. The Kier molecular flexibility index (Phi) is 10.6. The molecular formula is C40H44N4O2S. The molecule has 6 nitrogen and oxygen atoms in total. The van der Waals surface area contributed by atoms with Crippen molar-refractivity contribution < 1.29 is 9.53 Å². The zero-order valence-corrected chi connectivity index (χ0v) is 28.2. The maximum Gasteiger partial charge on any atom is 0.319 e. The average molecular weight is 645 g/mol. The van der Waals surface area contributed by atoms with E-state index in [1.54, 1.807) is 11.8 Å². The number of thioether (sulfide) groups is 1. The molecule has 0 bridgehead atoms.